The summed E-state index contributed by atoms with van der Waals surface area (Å²) in [5.41, 5.74) is 13.4. The minimum absolute atomic E-state index is 0.574. The molecule has 0 aliphatic rings. The Balaban J connectivity index is 0.985. The molecular weight excluding hydrogens is 771 g/mol. The molecule has 0 radical (unpaired) electrons. The lowest BCUT2D eigenvalue weighted by Crippen LogP contribution is -2.01. The van der Waals surface area contributed by atoms with Crippen molar-refractivity contribution in [3.8, 4) is 56.7 Å². The van der Waals surface area contributed by atoms with Crippen LogP contribution in [0.1, 0.15) is 0 Å². The zero-order valence-electron chi connectivity index (χ0n) is 33.9. The number of furan rings is 1. The largest absolute Gasteiger partial charge is 0.456 e. The molecule has 9 aromatic carbocycles. The van der Waals surface area contributed by atoms with Crippen molar-refractivity contribution in [3.63, 3.8) is 0 Å². The highest BCUT2D eigenvalue weighted by molar-refractivity contribution is 6.26. The molecule has 63 heavy (non-hydrogen) atoms. The van der Waals surface area contributed by atoms with Gasteiger partial charge in [-0.15, -0.1) is 0 Å². The summed E-state index contributed by atoms with van der Waals surface area (Å²) >= 11 is 0. The lowest BCUT2D eigenvalue weighted by Gasteiger charge is -2.12. The van der Waals surface area contributed by atoms with Gasteiger partial charge in [0, 0.05) is 60.4 Å². The summed E-state index contributed by atoms with van der Waals surface area (Å²) in [7, 11) is 0. The number of hydrogen-bond acceptors (Lipinski definition) is 4. The van der Waals surface area contributed by atoms with Crippen LogP contribution in [-0.4, -0.2) is 24.1 Å². The maximum absolute atomic E-state index is 6.46. The summed E-state index contributed by atoms with van der Waals surface area (Å²) in [6.07, 6.45) is 0. The van der Waals surface area contributed by atoms with E-state index in [1.54, 1.807) is 0 Å². The molecule has 0 saturated heterocycles. The van der Waals surface area contributed by atoms with Crippen LogP contribution < -0.4 is 0 Å². The SMILES string of the molecule is c1ccc(-c2ccc3oc4cc(-c5nc(-c6ccccc6)nc(-c6cccc(-n7c8ccccc8c8c7ccc7c9ccccc9n(-c9ccccc9)c78)c6)n5)ccc4c3c2)cc1. The number of para-hydroxylation sites is 3. The Kier molecular flexibility index (Phi) is 7.80. The second kappa shape index (κ2) is 14.0. The van der Waals surface area contributed by atoms with Crippen LogP contribution in [0.5, 0.6) is 0 Å². The molecule has 0 amide bonds. The molecule has 6 heteroatoms. The fraction of sp³-hybridized carbons (Fsp3) is 0. The van der Waals surface area contributed by atoms with Crippen LogP contribution in [0.25, 0.3) is 122 Å². The van der Waals surface area contributed by atoms with Crippen molar-refractivity contribution in [2.75, 3.05) is 0 Å². The summed E-state index contributed by atoms with van der Waals surface area (Å²) in [6.45, 7) is 0. The average molecular weight is 806 g/mol. The molecular formula is C57H35N5O. The van der Waals surface area contributed by atoms with Gasteiger partial charge in [0.2, 0.25) is 0 Å². The van der Waals surface area contributed by atoms with Crippen LogP contribution in [0.3, 0.4) is 0 Å². The summed E-state index contributed by atoms with van der Waals surface area (Å²) in [4.78, 5) is 15.4. The van der Waals surface area contributed by atoms with Crippen molar-refractivity contribution in [1.82, 2.24) is 24.1 Å². The van der Waals surface area contributed by atoms with E-state index in [1.165, 1.54) is 38.1 Å². The summed E-state index contributed by atoms with van der Waals surface area (Å²) in [5.74, 6) is 1.76. The molecule has 0 spiro atoms. The van der Waals surface area contributed by atoms with E-state index < -0.39 is 0 Å². The number of fused-ring (bicyclic) bond motifs is 10. The first kappa shape index (κ1) is 35.2. The molecule has 0 bridgehead atoms. The molecule has 0 atom stereocenters. The van der Waals surface area contributed by atoms with Gasteiger partial charge in [-0.2, -0.15) is 0 Å². The number of aromatic nitrogens is 5. The van der Waals surface area contributed by atoms with Gasteiger partial charge in [-0.05, 0) is 77.9 Å². The molecule has 0 aliphatic heterocycles. The van der Waals surface area contributed by atoms with Gasteiger partial charge >= 0.3 is 0 Å². The molecule has 13 aromatic rings. The lowest BCUT2D eigenvalue weighted by molar-refractivity contribution is 0.669. The normalized spacial score (nSPS) is 11.8. The Hall–Kier alpha value is -8.61. The molecule has 0 saturated carbocycles. The van der Waals surface area contributed by atoms with E-state index in [4.69, 9.17) is 19.4 Å². The minimum Gasteiger partial charge on any atom is -0.456 e. The zero-order valence-corrected chi connectivity index (χ0v) is 33.9. The summed E-state index contributed by atoms with van der Waals surface area (Å²) < 4.78 is 11.3. The average Bonchev–Trinajstić information content (AvgIpc) is 4.02. The Morgan fingerprint density at radius 2 is 0.873 bits per heavy atom. The van der Waals surface area contributed by atoms with Gasteiger partial charge in [0.15, 0.2) is 17.5 Å². The van der Waals surface area contributed by atoms with Gasteiger partial charge in [-0.25, -0.2) is 15.0 Å². The smallest absolute Gasteiger partial charge is 0.164 e. The topological polar surface area (TPSA) is 61.7 Å². The highest BCUT2D eigenvalue weighted by Crippen LogP contribution is 2.42. The Bertz CT molecular complexity index is 3900. The number of rotatable bonds is 6. The van der Waals surface area contributed by atoms with Gasteiger partial charge in [0.25, 0.3) is 0 Å². The van der Waals surface area contributed by atoms with Crippen molar-refractivity contribution in [2.45, 2.75) is 0 Å². The Morgan fingerprint density at radius 1 is 0.302 bits per heavy atom. The summed E-state index contributed by atoms with van der Waals surface area (Å²) in [5, 5.41) is 6.97. The van der Waals surface area contributed by atoms with Gasteiger partial charge in [-0.1, -0.05) is 146 Å². The molecule has 13 rings (SSSR count). The zero-order chi connectivity index (χ0) is 41.4. The third-order valence-electron chi connectivity index (χ3n) is 12.4. The lowest BCUT2D eigenvalue weighted by atomic mass is 10.0. The van der Waals surface area contributed by atoms with Crippen LogP contribution in [0.2, 0.25) is 0 Å². The third-order valence-corrected chi connectivity index (χ3v) is 12.4. The van der Waals surface area contributed by atoms with Crippen molar-refractivity contribution in [1.29, 1.82) is 0 Å². The second-order valence-corrected chi connectivity index (χ2v) is 16.0. The first-order valence-corrected chi connectivity index (χ1v) is 21.2. The monoisotopic (exact) mass is 805 g/mol. The van der Waals surface area contributed by atoms with Gasteiger partial charge in [0.1, 0.15) is 11.2 Å². The quantitative estimate of drug-likeness (QED) is 0.168. The van der Waals surface area contributed by atoms with Gasteiger partial charge in [-0.3, -0.25) is 0 Å². The fourth-order valence-corrected chi connectivity index (χ4v) is 9.49. The molecule has 4 heterocycles. The minimum atomic E-state index is 0.574. The van der Waals surface area contributed by atoms with Crippen molar-refractivity contribution >= 4 is 65.6 Å². The molecule has 0 unspecified atom stereocenters. The third kappa shape index (κ3) is 5.62. The molecule has 294 valence electrons. The van der Waals surface area contributed by atoms with E-state index in [-0.39, 0.29) is 0 Å². The van der Waals surface area contributed by atoms with E-state index in [0.717, 1.165) is 66.6 Å². The number of nitrogens with zero attached hydrogens (tertiary/aromatic N) is 5. The second-order valence-electron chi connectivity index (χ2n) is 16.0. The van der Waals surface area contributed by atoms with E-state index in [0.29, 0.717) is 17.5 Å². The highest BCUT2D eigenvalue weighted by atomic mass is 16.3. The van der Waals surface area contributed by atoms with Crippen LogP contribution in [-0.2, 0) is 0 Å². The van der Waals surface area contributed by atoms with Crippen LogP contribution in [0.15, 0.2) is 217 Å². The summed E-state index contributed by atoms with van der Waals surface area (Å²) in [6, 6.07) is 74.4. The van der Waals surface area contributed by atoms with E-state index >= 15 is 0 Å². The first-order chi connectivity index (χ1) is 31.2. The molecule has 0 N–H and O–H groups in total. The van der Waals surface area contributed by atoms with Gasteiger partial charge in [0.05, 0.1) is 22.1 Å². The fourth-order valence-electron chi connectivity index (χ4n) is 9.49. The van der Waals surface area contributed by atoms with Crippen molar-refractivity contribution < 1.29 is 4.42 Å². The highest BCUT2D eigenvalue weighted by Gasteiger charge is 2.22. The number of benzene rings is 9. The predicted octanol–water partition coefficient (Wildman–Crippen LogP) is 14.6. The first-order valence-electron chi connectivity index (χ1n) is 21.2. The van der Waals surface area contributed by atoms with Crippen molar-refractivity contribution in [2.24, 2.45) is 0 Å². The molecule has 4 aromatic heterocycles. The number of hydrogen-bond donors (Lipinski definition) is 0. The molecule has 0 aliphatic carbocycles. The van der Waals surface area contributed by atoms with Crippen LogP contribution in [0, 0.1) is 0 Å². The molecule has 6 nitrogen and oxygen atoms in total. The van der Waals surface area contributed by atoms with Crippen molar-refractivity contribution in [3.05, 3.63) is 212 Å². The van der Waals surface area contributed by atoms with Crippen LogP contribution in [0.4, 0.5) is 0 Å². The van der Waals surface area contributed by atoms with E-state index in [1.807, 2.05) is 36.4 Å². The molecule has 0 fully saturated rings. The maximum Gasteiger partial charge on any atom is 0.164 e. The Morgan fingerprint density at radius 3 is 1.63 bits per heavy atom. The predicted molar refractivity (Wildman–Crippen MR) is 258 cm³/mol. The van der Waals surface area contributed by atoms with Gasteiger partial charge < -0.3 is 13.6 Å². The van der Waals surface area contributed by atoms with E-state index in [9.17, 15) is 0 Å². The van der Waals surface area contributed by atoms with Crippen LogP contribution >= 0.6 is 0 Å². The Labute approximate surface area is 361 Å². The van der Waals surface area contributed by atoms with E-state index in [2.05, 4.69) is 185 Å². The standard InChI is InChI=1S/C57H35N5O/c1-4-15-36(16-5-1)38-28-32-51-47(34-38)44-29-27-40(35-52(44)63-51)57-59-55(37-17-6-2-7-18-37)58-56(60-57)39-19-14-22-42(33-39)61-49-26-13-11-24-46(49)53-50(61)31-30-45-43-23-10-12-25-48(43)62(54(45)53)41-20-8-3-9-21-41/h1-35H. The maximum atomic E-state index is 6.46.